The van der Waals surface area contributed by atoms with Gasteiger partial charge in [-0.15, -0.1) is 0 Å². The van der Waals surface area contributed by atoms with E-state index in [0.29, 0.717) is 16.7 Å². The molecule has 1 aromatic rings. The Hall–Kier alpha value is -2.51. The van der Waals surface area contributed by atoms with Crippen LogP contribution in [0.25, 0.3) is 0 Å². The first-order chi connectivity index (χ1) is 10.9. The van der Waals surface area contributed by atoms with Crippen molar-refractivity contribution in [3.63, 3.8) is 0 Å². The van der Waals surface area contributed by atoms with Crippen LogP contribution in [0.4, 0.5) is 8.78 Å². The maximum Gasteiger partial charge on any atom is 0.387 e. The van der Waals surface area contributed by atoms with E-state index in [4.69, 9.17) is 0 Å². The molecule has 0 aliphatic heterocycles. The minimum atomic E-state index is -2.89. The van der Waals surface area contributed by atoms with Crippen LogP contribution in [-0.2, 0) is 9.59 Å². The van der Waals surface area contributed by atoms with E-state index in [1.54, 1.807) is 26.0 Å². The maximum atomic E-state index is 12.3. The Labute approximate surface area is 131 Å². The number of hydrogen-bond acceptors (Lipinski definition) is 4. The summed E-state index contributed by atoms with van der Waals surface area (Å²) in [7, 11) is 0. The molecule has 0 unspecified atom stereocenters. The number of nitrogens with zero attached hydrogens (tertiary/aromatic N) is 1. The average Bonchev–Trinajstić information content (AvgIpc) is 3.26. The lowest BCUT2D eigenvalue weighted by molar-refractivity contribution is -0.139. The zero-order chi connectivity index (χ0) is 17.0. The quantitative estimate of drug-likeness (QED) is 0.491. The van der Waals surface area contributed by atoms with E-state index in [1.807, 2.05) is 0 Å². The molecule has 1 fully saturated rings. The van der Waals surface area contributed by atoms with Crippen molar-refractivity contribution in [2.75, 3.05) is 0 Å². The third-order valence-electron chi connectivity index (χ3n) is 3.19. The molecule has 1 aliphatic carbocycles. The van der Waals surface area contributed by atoms with Crippen molar-refractivity contribution in [1.82, 2.24) is 10.7 Å². The molecule has 8 heteroatoms. The van der Waals surface area contributed by atoms with Crippen LogP contribution in [-0.4, -0.2) is 30.7 Å². The van der Waals surface area contributed by atoms with Crippen LogP contribution in [0.15, 0.2) is 17.2 Å². The highest BCUT2D eigenvalue weighted by Gasteiger charge is 2.26. The zero-order valence-electron chi connectivity index (χ0n) is 12.7. The molecular weight excluding hydrogens is 308 g/mol. The molecule has 2 amide bonds. The van der Waals surface area contributed by atoms with Gasteiger partial charge in [0.2, 0.25) is 0 Å². The van der Waals surface area contributed by atoms with E-state index in [9.17, 15) is 18.4 Å². The third kappa shape index (κ3) is 5.01. The van der Waals surface area contributed by atoms with Gasteiger partial charge in [0.25, 0.3) is 0 Å². The summed E-state index contributed by atoms with van der Waals surface area (Å²) >= 11 is 0. The van der Waals surface area contributed by atoms with E-state index in [1.165, 1.54) is 6.21 Å². The fourth-order valence-corrected chi connectivity index (χ4v) is 2.03. The van der Waals surface area contributed by atoms with Gasteiger partial charge in [0.1, 0.15) is 5.75 Å². The van der Waals surface area contributed by atoms with Gasteiger partial charge in [-0.3, -0.25) is 9.59 Å². The molecule has 23 heavy (non-hydrogen) atoms. The van der Waals surface area contributed by atoms with Gasteiger partial charge in [0.05, 0.1) is 6.21 Å². The van der Waals surface area contributed by atoms with Crippen molar-refractivity contribution in [3.8, 4) is 5.75 Å². The molecule has 6 nitrogen and oxygen atoms in total. The van der Waals surface area contributed by atoms with Crippen LogP contribution >= 0.6 is 0 Å². The number of nitrogens with one attached hydrogen (secondary N) is 2. The highest BCUT2D eigenvalue weighted by atomic mass is 19.3. The van der Waals surface area contributed by atoms with E-state index in [2.05, 4.69) is 20.6 Å². The number of rotatable bonds is 5. The number of benzene rings is 1. The Morgan fingerprint density at radius 3 is 2.39 bits per heavy atom. The van der Waals surface area contributed by atoms with E-state index in [0.717, 1.165) is 12.8 Å². The fourth-order valence-electron chi connectivity index (χ4n) is 2.03. The third-order valence-corrected chi connectivity index (χ3v) is 3.19. The normalized spacial score (nSPS) is 14.1. The van der Waals surface area contributed by atoms with Crippen LogP contribution in [0.3, 0.4) is 0 Å². The van der Waals surface area contributed by atoms with Gasteiger partial charge in [-0.25, -0.2) is 5.43 Å². The number of carbonyl (C=O) groups excluding carboxylic acids is 2. The van der Waals surface area contributed by atoms with Gasteiger partial charge in [-0.2, -0.15) is 13.9 Å². The van der Waals surface area contributed by atoms with Gasteiger partial charge in [-0.1, -0.05) is 0 Å². The lowest BCUT2D eigenvalue weighted by Gasteiger charge is -2.11. The van der Waals surface area contributed by atoms with E-state index < -0.39 is 18.4 Å². The van der Waals surface area contributed by atoms with Crippen molar-refractivity contribution in [3.05, 3.63) is 28.8 Å². The smallest absolute Gasteiger partial charge is 0.387 e. The van der Waals surface area contributed by atoms with Crippen LogP contribution in [0, 0.1) is 13.8 Å². The Bertz CT molecular complexity index is 620. The molecule has 0 atom stereocenters. The molecule has 1 aromatic carbocycles. The Morgan fingerprint density at radius 2 is 1.87 bits per heavy atom. The highest BCUT2D eigenvalue weighted by molar-refractivity contribution is 6.35. The first-order valence-corrected chi connectivity index (χ1v) is 7.06. The van der Waals surface area contributed by atoms with Crippen LogP contribution < -0.4 is 15.5 Å². The summed E-state index contributed by atoms with van der Waals surface area (Å²) in [6, 6.07) is 3.26. The Morgan fingerprint density at radius 1 is 1.26 bits per heavy atom. The van der Waals surface area contributed by atoms with E-state index >= 15 is 0 Å². The number of alkyl halides is 2. The molecule has 0 radical (unpaired) electrons. The van der Waals surface area contributed by atoms with Gasteiger partial charge in [-0.05, 0) is 55.5 Å². The van der Waals surface area contributed by atoms with Crippen molar-refractivity contribution in [2.45, 2.75) is 39.3 Å². The summed E-state index contributed by atoms with van der Waals surface area (Å²) in [6.45, 7) is 0.365. The number of hydrogen-bond donors (Lipinski definition) is 2. The van der Waals surface area contributed by atoms with Gasteiger partial charge in [0.15, 0.2) is 0 Å². The minimum absolute atomic E-state index is 0.0879. The van der Waals surface area contributed by atoms with Crippen molar-refractivity contribution in [1.29, 1.82) is 0 Å². The topological polar surface area (TPSA) is 79.8 Å². The second kappa shape index (κ2) is 7.17. The largest absolute Gasteiger partial charge is 0.434 e. The minimum Gasteiger partial charge on any atom is -0.434 e. The van der Waals surface area contributed by atoms with Crippen molar-refractivity contribution >= 4 is 18.0 Å². The lowest BCUT2D eigenvalue weighted by Crippen LogP contribution is -2.38. The average molecular weight is 325 g/mol. The van der Waals surface area contributed by atoms with Gasteiger partial charge in [0, 0.05) is 6.04 Å². The number of carbonyl (C=O) groups is 2. The molecule has 1 saturated carbocycles. The van der Waals surface area contributed by atoms with Crippen LogP contribution in [0.2, 0.25) is 0 Å². The molecule has 2 N–H and O–H groups in total. The molecule has 0 saturated heterocycles. The summed E-state index contributed by atoms with van der Waals surface area (Å²) in [5, 5.41) is 6.22. The molecule has 0 spiro atoms. The van der Waals surface area contributed by atoms with E-state index in [-0.39, 0.29) is 11.8 Å². The molecule has 0 aromatic heterocycles. The lowest BCUT2D eigenvalue weighted by atomic mass is 10.1. The highest BCUT2D eigenvalue weighted by Crippen LogP contribution is 2.25. The maximum absolute atomic E-state index is 12.3. The number of ether oxygens (including phenoxy) is 1. The first-order valence-electron chi connectivity index (χ1n) is 7.06. The molecule has 0 bridgehead atoms. The van der Waals surface area contributed by atoms with Crippen LogP contribution in [0.5, 0.6) is 5.75 Å². The molecule has 124 valence electrons. The fraction of sp³-hybridized carbons (Fsp3) is 0.400. The second-order valence-corrected chi connectivity index (χ2v) is 5.31. The van der Waals surface area contributed by atoms with Crippen molar-refractivity contribution in [2.24, 2.45) is 5.10 Å². The molecule has 2 rings (SSSR count). The SMILES string of the molecule is Cc1cc(/C=N\NC(=O)C(=O)NC2CC2)cc(C)c1OC(F)F. The molecular formula is C15H17F2N3O3. The van der Waals surface area contributed by atoms with Crippen LogP contribution in [0.1, 0.15) is 29.5 Å². The number of aryl methyl sites for hydroxylation is 2. The number of amides is 2. The standard InChI is InChI=1S/C15H17F2N3O3/c1-8-5-10(6-9(2)12(8)23-15(16)17)7-18-20-14(22)13(21)19-11-3-4-11/h5-7,11,15H,3-4H2,1-2H3,(H,19,21)(H,20,22)/b18-7-. The number of halogens is 2. The summed E-state index contributed by atoms with van der Waals surface area (Å²) in [4.78, 5) is 22.9. The Balaban J connectivity index is 1.96. The monoisotopic (exact) mass is 325 g/mol. The van der Waals surface area contributed by atoms with Crippen molar-refractivity contribution < 1.29 is 23.1 Å². The Kier molecular flexibility index (Phi) is 5.25. The van der Waals surface area contributed by atoms with Gasteiger partial charge < -0.3 is 10.1 Å². The zero-order valence-corrected chi connectivity index (χ0v) is 12.7. The molecule has 1 aliphatic rings. The summed E-state index contributed by atoms with van der Waals surface area (Å²) in [5.41, 5.74) is 3.74. The van der Waals surface area contributed by atoms with Gasteiger partial charge >= 0.3 is 18.4 Å². The number of hydrazone groups is 1. The summed E-state index contributed by atoms with van der Waals surface area (Å²) in [6.07, 6.45) is 3.09. The summed E-state index contributed by atoms with van der Waals surface area (Å²) in [5.74, 6) is -1.46. The molecule has 0 heterocycles. The predicted octanol–water partition coefficient (Wildman–Crippen LogP) is 1.63. The predicted molar refractivity (Wildman–Crippen MR) is 79.4 cm³/mol. The first kappa shape index (κ1) is 16.9. The second-order valence-electron chi connectivity index (χ2n) is 5.31. The summed E-state index contributed by atoms with van der Waals surface area (Å²) < 4.78 is 29.1.